The fourth-order valence-corrected chi connectivity index (χ4v) is 1.58. The molecule has 6 N–H and O–H groups in total. The molecule has 1 aliphatic rings. The summed E-state index contributed by atoms with van der Waals surface area (Å²) < 4.78 is 0. The van der Waals surface area contributed by atoms with Crippen molar-refractivity contribution in [3.05, 3.63) is 0 Å². The molecule has 84 valence electrons. The Labute approximate surface area is 92.4 Å². The molecule has 0 aliphatic heterocycles. The molecule has 0 aromatic rings. The van der Waals surface area contributed by atoms with Crippen LogP contribution in [-0.2, 0) is 4.79 Å². The molecule has 7 heteroatoms. The van der Waals surface area contributed by atoms with E-state index in [4.69, 9.17) is 16.9 Å². The highest BCUT2D eigenvalue weighted by atomic mass is 32.2. The first-order chi connectivity index (χ1) is 6.99. The number of aliphatic imine (C=N–C) groups is 1. The molecule has 6 nitrogen and oxygen atoms in total. The lowest BCUT2D eigenvalue weighted by molar-refractivity contribution is -0.120. The van der Waals surface area contributed by atoms with E-state index in [1.54, 1.807) is 6.92 Å². The summed E-state index contributed by atoms with van der Waals surface area (Å²) in [7, 11) is 0. The summed E-state index contributed by atoms with van der Waals surface area (Å²) >= 11 is 1.03. The molecular weight excluding hydrogens is 214 g/mol. The van der Waals surface area contributed by atoms with Crippen LogP contribution >= 0.6 is 11.8 Å². The fourth-order valence-electron chi connectivity index (χ4n) is 0.911. The molecular formula is C8H15N5OS. The Bertz CT molecular complexity index is 295. The zero-order valence-corrected chi connectivity index (χ0v) is 9.30. The molecule has 0 saturated heterocycles. The SMILES string of the molecule is CC(SC(=N)N=C(N)N)C(=O)NC1CC1. The number of nitrogens with two attached hydrogens (primary N) is 2. The van der Waals surface area contributed by atoms with Crippen molar-refractivity contribution in [1.29, 1.82) is 5.41 Å². The standard InChI is InChI=1S/C8H15N5OS/c1-4(6(14)12-5-2-3-5)15-8(11)13-7(9)10/h4-5H,2-3H2,1H3,(H,12,14)(H5,9,10,11,13). The van der Waals surface area contributed by atoms with Gasteiger partial charge in [0, 0.05) is 6.04 Å². The van der Waals surface area contributed by atoms with Crippen molar-refractivity contribution in [2.45, 2.75) is 31.1 Å². The lowest BCUT2D eigenvalue weighted by Crippen LogP contribution is -2.33. The summed E-state index contributed by atoms with van der Waals surface area (Å²) in [5.74, 6) is -0.236. The Kier molecular flexibility index (Phi) is 3.96. The van der Waals surface area contributed by atoms with Gasteiger partial charge in [0.25, 0.3) is 0 Å². The summed E-state index contributed by atoms with van der Waals surface area (Å²) in [6.45, 7) is 1.72. The van der Waals surface area contributed by atoms with Gasteiger partial charge in [0.15, 0.2) is 11.1 Å². The summed E-state index contributed by atoms with van der Waals surface area (Å²) in [5.41, 5.74) is 10.2. The first-order valence-electron chi connectivity index (χ1n) is 4.64. The third-order valence-electron chi connectivity index (χ3n) is 1.81. The predicted octanol–water partition coefficient (Wildman–Crippen LogP) is -0.405. The smallest absolute Gasteiger partial charge is 0.233 e. The van der Waals surface area contributed by atoms with E-state index >= 15 is 0 Å². The van der Waals surface area contributed by atoms with E-state index in [9.17, 15) is 4.79 Å². The molecule has 1 saturated carbocycles. The van der Waals surface area contributed by atoms with Gasteiger partial charge in [-0.25, -0.2) is 0 Å². The number of amidine groups is 1. The molecule has 0 bridgehead atoms. The number of hydrogen-bond acceptors (Lipinski definition) is 3. The average molecular weight is 229 g/mol. The highest BCUT2D eigenvalue weighted by Crippen LogP contribution is 2.20. The van der Waals surface area contributed by atoms with E-state index in [1.807, 2.05) is 0 Å². The molecule has 1 fully saturated rings. The van der Waals surface area contributed by atoms with Crippen molar-refractivity contribution >= 4 is 28.8 Å². The van der Waals surface area contributed by atoms with Gasteiger partial charge >= 0.3 is 0 Å². The van der Waals surface area contributed by atoms with Gasteiger partial charge in [-0.15, -0.1) is 0 Å². The van der Waals surface area contributed by atoms with E-state index in [1.165, 1.54) is 0 Å². The summed E-state index contributed by atoms with van der Waals surface area (Å²) in [5, 5.41) is 9.83. The molecule has 1 aliphatic carbocycles. The van der Waals surface area contributed by atoms with E-state index < -0.39 is 0 Å². The summed E-state index contributed by atoms with van der Waals surface area (Å²) in [4.78, 5) is 15.0. The summed E-state index contributed by atoms with van der Waals surface area (Å²) in [6, 6.07) is 0.331. The second-order valence-corrected chi connectivity index (χ2v) is 4.71. The van der Waals surface area contributed by atoms with Crippen LogP contribution in [0.25, 0.3) is 0 Å². The van der Waals surface area contributed by atoms with E-state index in [0.717, 1.165) is 24.6 Å². The Morgan fingerprint density at radius 2 is 2.20 bits per heavy atom. The molecule has 0 aromatic carbocycles. The van der Waals surface area contributed by atoms with Crippen molar-refractivity contribution in [3.63, 3.8) is 0 Å². The van der Waals surface area contributed by atoms with Crippen molar-refractivity contribution in [2.75, 3.05) is 0 Å². The van der Waals surface area contributed by atoms with Crippen LogP contribution in [-0.4, -0.2) is 28.3 Å². The van der Waals surface area contributed by atoms with Crippen molar-refractivity contribution in [3.8, 4) is 0 Å². The monoisotopic (exact) mass is 229 g/mol. The van der Waals surface area contributed by atoms with E-state index in [-0.39, 0.29) is 22.3 Å². The second kappa shape index (κ2) is 5.01. The minimum Gasteiger partial charge on any atom is -0.370 e. The van der Waals surface area contributed by atoms with E-state index in [2.05, 4.69) is 10.3 Å². The number of amides is 1. The number of guanidine groups is 1. The Morgan fingerprint density at radius 3 is 2.67 bits per heavy atom. The molecule has 0 spiro atoms. The minimum atomic E-state index is -0.346. The predicted molar refractivity (Wildman–Crippen MR) is 61.8 cm³/mol. The average Bonchev–Trinajstić information content (AvgIpc) is 2.86. The molecule has 0 aromatic heterocycles. The Morgan fingerprint density at radius 1 is 1.60 bits per heavy atom. The molecule has 1 unspecified atom stereocenters. The number of thioether (sulfide) groups is 1. The summed E-state index contributed by atoms with van der Waals surface area (Å²) in [6.07, 6.45) is 2.10. The quantitative estimate of drug-likeness (QED) is 0.389. The van der Waals surface area contributed by atoms with Gasteiger partial charge in [0.05, 0.1) is 5.25 Å². The maximum atomic E-state index is 11.5. The number of rotatable bonds is 3. The van der Waals surface area contributed by atoms with Crippen LogP contribution in [0, 0.1) is 5.41 Å². The van der Waals surface area contributed by atoms with Gasteiger partial charge in [-0.05, 0) is 19.8 Å². The molecule has 0 radical (unpaired) electrons. The first-order valence-corrected chi connectivity index (χ1v) is 5.52. The molecule has 15 heavy (non-hydrogen) atoms. The fraction of sp³-hybridized carbons (Fsp3) is 0.625. The van der Waals surface area contributed by atoms with Crippen molar-refractivity contribution < 1.29 is 4.79 Å². The van der Waals surface area contributed by atoms with Gasteiger partial charge in [-0.3, -0.25) is 10.2 Å². The lowest BCUT2D eigenvalue weighted by atomic mass is 10.4. The number of nitrogens with zero attached hydrogens (tertiary/aromatic N) is 1. The van der Waals surface area contributed by atoms with Crippen LogP contribution < -0.4 is 16.8 Å². The third-order valence-corrected chi connectivity index (χ3v) is 2.69. The molecule has 1 amide bonds. The zero-order valence-electron chi connectivity index (χ0n) is 8.49. The maximum Gasteiger partial charge on any atom is 0.233 e. The number of carbonyl (C=O) groups is 1. The minimum absolute atomic E-state index is 0.0477. The second-order valence-electron chi connectivity index (χ2n) is 3.38. The molecule has 0 heterocycles. The van der Waals surface area contributed by atoms with Crippen molar-refractivity contribution in [1.82, 2.24) is 5.32 Å². The highest BCUT2D eigenvalue weighted by Gasteiger charge is 2.26. The highest BCUT2D eigenvalue weighted by molar-refractivity contribution is 8.14. The van der Waals surface area contributed by atoms with Crippen molar-refractivity contribution in [2.24, 2.45) is 16.5 Å². The Balaban J connectivity index is 2.32. The van der Waals surface area contributed by atoms with Crippen LogP contribution in [0.4, 0.5) is 0 Å². The first kappa shape index (κ1) is 11.8. The topological polar surface area (TPSA) is 117 Å². The van der Waals surface area contributed by atoms with Crippen LogP contribution in [0.3, 0.4) is 0 Å². The Hall–Kier alpha value is -1.24. The van der Waals surface area contributed by atoms with Crippen LogP contribution in [0.15, 0.2) is 4.99 Å². The number of nitrogens with one attached hydrogen (secondary N) is 2. The zero-order chi connectivity index (χ0) is 11.4. The van der Waals surface area contributed by atoms with Crippen LogP contribution in [0.2, 0.25) is 0 Å². The van der Waals surface area contributed by atoms with Gasteiger partial charge in [0.2, 0.25) is 5.91 Å². The normalized spacial score (nSPS) is 16.6. The van der Waals surface area contributed by atoms with Gasteiger partial charge in [-0.1, -0.05) is 11.8 Å². The van der Waals surface area contributed by atoms with Gasteiger partial charge < -0.3 is 16.8 Å². The largest absolute Gasteiger partial charge is 0.370 e. The molecule has 1 atom stereocenters. The maximum absolute atomic E-state index is 11.5. The third kappa shape index (κ3) is 4.68. The molecule has 1 rings (SSSR count). The van der Waals surface area contributed by atoms with Crippen LogP contribution in [0.5, 0.6) is 0 Å². The lowest BCUT2D eigenvalue weighted by Gasteiger charge is -2.09. The van der Waals surface area contributed by atoms with E-state index in [0.29, 0.717) is 6.04 Å². The van der Waals surface area contributed by atoms with Gasteiger partial charge in [-0.2, -0.15) is 4.99 Å². The number of carbonyl (C=O) groups excluding carboxylic acids is 1. The van der Waals surface area contributed by atoms with Gasteiger partial charge in [0.1, 0.15) is 0 Å². The van der Waals surface area contributed by atoms with Crippen LogP contribution in [0.1, 0.15) is 19.8 Å². The number of hydrogen-bond donors (Lipinski definition) is 4.